The van der Waals surface area contributed by atoms with E-state index in [0.29, 0.717) is 6.42 Å². The minimum atomic E-state index is -0.349. The molecule has 0 saturated heterocycles. The minimum absolute atomic E-state index is 0.0552. The van der Waals surface area contributed by atoms with Crippen LogP contribution in [0.5, 0.6) is 0 Å². The van der Waals surface area contributed by atoms with E-state index >= 15 is 0 Å². The standard InChI is InChI=1S/C19H23FO2/c1-12-16-4-3-5-17(21)19(16,2)11-14(18(12)22)10-13-6-8-15(20)9-7-13/h6-10,12,16-17,21H,3-5,11H2,1-2H3/b14-10+/t12?,16?,17-,19-/m0/s1. The molecule has 2 aliphatic rings. The Kier molecular flexibility index (Phi) is 3.94. The predicted molar refractivity (Wildman–Crippen MR) is 84.6 cm³/mol. The maximum atomic E-state index is 13.0. The lowest BCUT2D eigenvalue weighted by Gasteiger charge is -2.51. The van der Waals surface area contributed by atoms with Crippen molar-refractivity contribution in [1.82, 2.24) is 0 Å². The molecule has 4 atom stereocenters. The Bertz CT molecular complexity index is 604. The second-order valence-corrected chi connectivity index (χ2v) is 7.11. The molecule has 0 aliphatic heterocycles. The Hall–Kier alpha value is -1.48. The summed E-state index contributed by atoms with van der Waals surface area (Å²) in [6.45, 7) is 4.10. The number of Topliss-reactive ketones (excluding diaryl/α,β-unsaturated/α-hetero) is 1. The molecular formula is C19H23FO2. The van der Waals surface area contributed by atoms with E-state index in [2.05, 4.69) is 6.92 Å². The SMILES string of the molecule is CC1C(=O)/C(=C/c2ccc(F)cc2)C[C@@]2(C)C1CCC[C@@H]2O. The van der Waals surface area contributed by atoms with Gasteiger partial charge in [-0.3, -0.25) is 4.79 Å². The third-order valence-electron chi connectivity index (χ3n) is 5.72. The Labute approximate surface area is 131 Å². The average Bonchev–Trinajstić information content (AvgIpc) is 2.49. The molecule has 0 spiro atoms. The van der Waals surface area contributed by atoms with Crippen molar-refractivity contribution in [1.29, 1.82) is 0 Å². The van der Waals surface area contributed by atoms with Crippen LogP contribution in [0.3, 0.4) is 0 Å². The van der Waals surface area contributed by atoms with Gasteiger partial charge in [-0.2, -0.15) is 0 Å². The number of carbonyl (C=O) groups is 1. The lowest BCUT2D eigenvalue weighted by molar-refractivity contribution is -0.133. The van der Waals surface area contributed by atoms with E-state index in [4.69, 9.17) is 0 Å². The molecule has 0 radical (unpaired) electrons. The molecular weight excluding hydrogens is 279 g/mol. The molecule has 2 aliphatic carbocycles. The van der Waals surface area contributed by atoms with Gasteiger partial charge in [0.25, 0.3) is 0 Å². The number of rotatable bonds is 1. The molecule has 2 fully saturated rings. The highest BCUT2D eigenvalue weighted by Crippen LogP contribution is 2.53. The van der Waals surface area contributed by atoms with Crippen molar-refractivity contribution in [3.8, 4) is 0 Å². The largest absolute Gasteiger partial charge is 0.393 e. The fraction of sp³-hybridized carbons (Fsp3) is 0.526. The van der Waals surface area contributed by atoms with Crippen LogP contribution in [-0.4, -0.2) is 17.0 Å². The molecule has 0 amide bonds. The van der Waals surface area contributed by atoms with Gasteiger partial charge < -0.3 is 5.11 Å². The molecule has 3 rings (SSSR count). The van der Waals surface area contributed by atoms with Crippen molar-refractivity contribution in [2.24, 2.45) is 17.3 Å². The summed E-state index contributed by atoms with van der Waals surface area (Å²) in [4.78, 5) is 12.7. The van der Waals surface area contributed by atoms with E-state index in [1.807, 2.05) is 13.0 Å². The molecule has 1 aromatic rings. The summed E-state index contributed by atoms with van der Waals surface area (Å²) in [5.74, 6) is 0.107. The zero-order valence-electron chi connectivity index (χ0n) is 13.2. The van der Waals surface area contributed by atoms with Gasteiger partial charge in [0.2, 0.25) is 0 Å². The molecule has 1 aromatic carbocycles. The smallest absolute Gasteiger partial charge is 0.161 e. The van der Waals surface area contributed by atoms with Gasteiger partial charge in [-0.25, -0.2) is 4.39 Å². The molecule has 0 aromatic heterocycles. The van der Waals surface area contributed by atoms with Crippen LogP contribution in [0.15, 0.2) is 29.8 Å². The Morgan fingerprint density at radius 3 is 2.64 bits per heavy atom. The highest BCUT2D eigenvalue weighted by Gasteiger charge is 2.51. The van der Waals surface area contributed by atoms with E-state index in [9.17, 15) is 14.3 Å². The number of allylic oxidation sites excluding steroid dienone is 1. The Balaban J connectivity index is 1.95. The second-order valence-electron chi connectivity index (χ2n) is 7.11. The van der Waals surface area contributed by atoms with Crippen molar-refractivity contribution < 1.29 is 14.3 Å². The van der Waals surface area contributed by atoms with E-state index in [1.165, 1.54) is 12.1 Å². The molecule has 2 unspecified atom stereocenters. The molecule has 2 saturated carbocycles. The first-order valence-electron chi connectivity index (χ1n) is 8.10. The number of carbonyl (C=O) groups excluding carboxylic acids is 1. The van der Waals surface area contributed by atoms with Crippen molar-refractivity contribution in [3.05, 3.63) is 41.2 Å². The Morgan fingerprint density at radius 2 is 1.95 bits per heavy atom. The zero-order chi connectivity index (χ0) is 15.9. The molecule has 1 N–H and O–H groups in total. The van der Waals surface area contributed by atoms with Crippen LogP contribution in [0.1, 0.15) is 45.1 Å². The lowest BCUT2D eigenvalue weighted by Crippen LogP contribution is -2.51. The van der Waals surface area contributed by atoms with E-state index in [0.717, 1.165) is 30.4 Å². The van der Waals surface area contributed by atoms with Crippen LogP contribution >= 0.6 is 0 Å². The van der Waals surface area contributed by atoms with Crippen LogP contribution in [0.4, 0.5) is 4.39 Å². The fourth-order valence-electron chi connectivity index (χ4n) is 4.36. The van der Waals surface area contributed by atoms with E-state index < -0.39 is 0 Å². The van der Waals surface area contributed by atoms with Crippen LogP contribution in [0.2, 0.25) is 0 Å². The van der Waals surface area contributed by atoms with Gasteiger partial charge in [0.15, 0.2) is 5.78 Å². The first kappa shape index (κ1) is 15.4. The molecule has 118 valence electrons. The molecule has 0 bridgehead atoms. The summed E-state index contributed by atoms with van der Waals surface area (Å²) in [6, 6.07) is 6.18. The molecule has 3 heteroatoms. The van der Waals surface area contributed by atoms with Gasteiger partial charge >= 0.3 is 0 Å². The summed E-state index contributed by atoms with van der Waals surface area (Å²) >= 11 is 0. The first-order valence-corrected chi connectivity index (χ1v) is 8.10. The van der Waals surface area contributed by atoms with Crippen LogP contribution in [-0.2, 0) is 4.79 Å². The van der Waals surface area contributed by atoms with Crippen molar-refractivity contribution in [2.75, 3.05) is 0 Å². The number of aliphatic hydroxyl groups excluding tert-OH is 1. The normalized spacial score (nSPS) is 37.2. The topological polar surface area (TPSA) is 37.3 Å². The molecule has 0 heterocycles. The van der Waals surface area contributed by atoms with Gasteiger partial charge in [0.1, 0.15) is 5.82 Å². The maximum absolute atomic E-state index is 13.0. The third kappa shape index (κ3) is 2.52. The summed E-state index contributed by atoms with van der Waals surface area (Å²) in [6.07, 6.45) is 4.96. The summed E-state index contributed by atoms with van der Waals surface area (Å²) in [7, 11) is 0. The minimum Gasteiger partial charge on any atom is -0.393 e. The average molecular weight is 302 g/mol. The summed E-state index contributed by atoms with van der Waals surface area (Å²) < 4.78 is 13.0. The number of fused-ring (bicyclic) bond motifs is 1. The number of halogens is 1. The fourth-order valence-corrected chi connectivity index (χ4v) is 4.36. The van der Waals surface area contributed by atoms with Crippen LogP contribution in [0, 0.1) is 23.1 Å². The summed E-state index contributed by atoms with van der Waals surface area (Å²) in [5.41, 5.74) is 1.38. The highest BCUT2D eigenvalue weighted by atomic mass is 19.1. The quantitative estimate of drug-likeness (QED) is 0.797. The van der Waals surface area contributed by atoms with Crippen molar-refractivity contribution in [3.63, 3.8) is 0 Å². The van der Waals surface area contributed by atoms with E-state index in [1.54, 1.807) is 12.1 Å². The second kappa shape index (κ2) is 5.62. The number of hydrogen-bond donors (Lipinski definition) is 1. The predicted octanol–water partition coefficient (Wildman–Crippen LogP) is 3.99. The maximum Gasteiger partial charge on any atom is 0.161 e. The number of hydrogen-bond acceptors (Lipinski definition) is 2. The number of ketones is 1. The van der Waals surface area contributed by atoms with Gasteiger partial charge in [0.05, 0.1) is 6.10 Å². The molecule has 22 heavy (non-hydrogen) atoms. The zero-order valence-corrected chi connectivity index (χ0v) is 13.2. The van der Waals surface area contributed by atoms with Crippen LogP contribution in [0.25, 0.3) is 6.08 Å². The third-order valence-corrected chi connectivity index (χ3v) is 5.72. The highest BCUT2D eigenvalue weighted by molar-refractivity contribution is 6.02. The molecule has 2 nitrogen and oxygen atoms in total. The first-order chi connectivity index (χ1) is 10.4. The van der Waals surface area contributed by atoms with Gasteiger partial charge in [-0.1, -0.05) is 32.4 Å². The van der Waals surface area contributed by atoms with E-state index in [-0.39, 0.29) is 35.0 Å². The van der Waals surface area contributed by atoms with Crippen molar-refractivity contribution in [2.45, 2.75) is 45.6 Å². The van der Waals surface area contributed by atoms with Gasteiger partial charge in [0, 0.05) is 11.3 Å². The summed E-state index contributed by atoms with van der Waals surface area (Å²) in [5, 5.41) is 10.5. The van der Waals surface area contributed by atoms with Gasteiger partial charge in [-0.05, 0) is 54.5 Å². The van der Waals surface area contributed by atoms with Crippen molar-refractivity contribution >= 4 is 11.9 Å². The van der Waals surface area contributed by atoms with Crippen LogP contribution < -0.4 is 0 Å². The number of aliphatic hydroxyl groups is 1. The van der Waals surface area contributed by atoms with Gasteiger partial charge in [-0.15, -0.1) is 0 Å². The Morgan fingerprint density at radius 1 is 1.27 bits per heavy atom. The monoisotopic (exact) mass is 302 g/mol. The lowest BCUT2D eigenvalue weighted by atomic mass is 9.54. The number of benzene rings is 1.